The van der Waals surface area contributed by atoms with Crippen LogP contribution in [-0.4, -0.2) is 19.2 Å². The highest BCUT2D eigenvalue weighted by Gasteiger charge is 2.20. The molecule has 1 aliphatic rings. The van der Waals surface area contributed by atoms with Gasteiger partial charge >= 0.3 is 5.97 Å². The fourth-order valence-electron chi connectivity index (χ4n) is 1.39. The fourth-order valence-corrected chi connectivity index (χ4v) is 1.39. The second-order valence-corrected chi connectivity index (χ2v) is 3.05. The van der Waals surface area contributed by atoms with Crippen molar-refractivity contribution in [2.75, 3.05) is 13.2 Å². The summed E-state index contributed by atoms with van der Waals surface area (Å²) in [6.45, 7) is 1.42. The molecule has 0 saturated carbocycles. The van der Waals surface area contributed by atoms with Gasteiger partial charge < -0.3 is 9.16 Å². The number of hydrogen-bond acceptors (Lipinski definition) is 1. The van der Waals surface area contributed by atoms with Crippen molar-refractivity contribution in [2.24, 2.45) is 0 Å². The molecule has 0 aromatic heterocycles. The molecule has 1 heterocycles. The van der Waals surface area contributed by atoms with Gasteiger partial charge in [0.1, 0.15) is 6.42 Å². The molecule has 68 valence electrons. The summed E-state index contributed by atoms with van der Waals surface area (Å²) in [5.41, 5.74) is 1.33. The molecular weight excluding hydrogens is 164 g/mol. The average molecular weight is 177 g/mol. The van der Waals surface area contributed by atoms with E-state index in [1.165, 1.54) is 5.56 Å². The second kappa shape index (κ2) is 4.08. The lowest BCUT2D eigenvalue weighted by Gasteiger charge is -1.94. The highest BCUT2D eigenvalue weighted by atomic mass is 16.6. The molecule has 0 spiro atoms. The Kier molecular flexibility index (Phi) is 2.60. The number of rotatable bonds is 3. The molecule has 0 bridgehead atoms. The molecule has 1 aromatic carbocycles. The summed E-state index contributed by atoms with van der Waals surface area (Å²) >= 11 is 0. The number of cyclic esters (lactones) is 1. The van der Waals surface area contributed by atoms with Crippen molar-refractivity contribution in [3.8, 4) is 0 Å². The summed E-state index contributed by atoms with van der Waals surface area (Å²) < 4.78 is 10.5. The maximum atomic E-state index is 5.27. The zero-order chi connectivity index (χ0) is 8.93. The zero-order valence-electron chi connectivity index (χ0n) is 7.53. The lowest BCUT2D eigenvalue weighted by Crippen LogP contribution is -2.01. The average Bonchev–Trinajstić information content (AvgIpc) is 2.69. The van der Waals surface area contributed by atoms with Crippen molar-refractivity contribution in [1.82, 2.24) is 0 Å². The van der Waals surface area contributed by atoms with E-state index < -0.39 is 0 Å². The Labute approximate surface area is 77.8 Å². The highest BCUT2D eigenvalue weighted by molar-refractivity contribution is 5.70. The molecule has 2 nitrogen and oxygen atoms in total. The van der Waals surface area contributed by atoms with Crippen LogP contribution >= 0.6 is 0 Å². The molecule has 1 aliphatic heterocycles. The smallest absolute Gasteiger partial charge is 0.315 e. The SMILES string of the molecule is c1ccc(CCC2=[O+]CCO2)cc1. The molecule has 0 aliphatic carbocycles. The molecule has 13 heavy (non-hydrogen) atoms. The molecule has 0 N–H and O–H groups in total. The Morgan fingerprint density at radius 3 is 2.69 bits per heavy atom. The fraction of sp³-hybridized carbons (Fsp3) is 0.364. The molecule has 0 fully saturated rings. The molecule has 0 saturated heterocycles. The van der Waals surface area contributed by atoms with Gasteiger partial charge in [0.15, 0.2) is 0 Å². The number of aryl methyl sites for hydroxylation is 1. The maximum Gasteiger partial charge on any atom is 0.485 e. The van der Waals surface area contributed by atoms with Gasteiger partial charge in [-0.15, -0.1) is 0 Å². The molecule has 2 heteroatoms. The Morgan fingerprint density at radius 2 is 2.00 bits per heavy atom. The Hall–Kier alpha value is -1.31. The monoisotopic (exact) mass is 177 g/mol. The predicted molar refractivity (Wildman–Crippen MR) is 50.6 cm³/mol. The lowest BCUT2D eigenvalue weighted by atomic mass is 10.1. The summed E-state index contributed by atoms with van der Waals surface area (Å²) in [6.07, 6.45) is 1.88. The van der Waals surface area contributed by atoms with Crippen molar-refractivity contribution in [3.05, 3.63) is 35.9 Å². The van der Waals surface area contributed by atoms with Gasteiger partial charge in [-0.25, -0.2) is 0 Å². The summed E-state index contributed by atoms with van der Waals surface area (Å²) in [4.78, 5) is 0. The molecular formula is C11H13O2+. The molecule has 0 atom stereocenters. The van der Waals surface area contributed by atoms with Gasteiger partial charge in [-0.1, -0.05) is 30.3 Å². The third kappa shape index (κ3) is 2.31. The molecule has 0 amide bonds. The van der Waals surface area contributed by atoms with Crippen LogP contribution in [0.4, 0.5) is 0 Å². The molecule has 1 aromatic rings. The first-order valence-electron chi connectivity index (χ1n) is 4.60. The van der Waals surface area contributed by atoms with Gasteiger partial charge in [0.2, 0.25) is 13.2 Å². The zero-order valence-corrected chi connectivity index (χ0v) is 7.53. The number of carbonyl (C=O) groups excluding carboxylic acids is 1. The highest BCUT2D eigenvalue weighted by Crippen LogP contribution is 2.04. The predicted octanol–water partition coefficient (Wildman–Crippen LogP) is 1.71. The number of ether oxygens (including phenoxy) is 1. The van der Waals surface area contributed by atoms with Crippen LogP contribution in [0.3, 0.4) is 0 Å². The second-order valence-electron chi connectivity index (χ2n) is 3.05. The van der Waals surface area contributed by atoms with Crippen LogP contribution in [0.25, 0.3) is 0 Å². The Morgan fingerprint density at radius 1 is 1.15 bits per heavy atom. The van der Waals surface area contributed by atoms with Gasteiger partial charge in [0.05, 0.1) is 0 Å². The first-order chi connectivity index (χ1) is 6.45. The van der Waals surface area contributed by atoms with Crippen LogP contribution < -0.4 is 0 Å². The van der Waals surface area contributed by atoms with Crippen LogP contribution in [0.15, 0.2) is 30.3 Å². The standard InChI is InChI=1S/C11H13O2/c1-2-4-10(5-3-1)6-7-11-12-8-9-13-11/h1-5H,6-9H2/q+1. The van der Waals surface area contributed by atoms with E-state index in [2.05, 4.69) is 24.3 Å². The lowest BCUT2D eigenvalue weighted by molar-refractivity contribution is -0.446. The first kappa shape index (κ1) is 8.30. The van der Waals surface area contributed by atoms with Crippen molar-refractivity contribution < 1.29 is 9.16 Å². The Balaban J connectivity index is 1.86. The van der Waals surface area contributed by atoms with Crippen LogP contribution in [-0.2, 0) is 15.6 Å². The maximum absolute atomic E-state index is 5.27. The minimum absolute atomic E-state index is 0.712. The normalized spacial score (nSPS) is 15.2. The van der Waals surface area contributed by atoms with Crippen molar-refractivity contribution >= 4 is 5.97 Å². The topological polar surface area (TPSA) is 20.5 Å². The number of benzene rings is 1. The number of hydrogen-bond donors (Lipinski definition) is 0. The van der Waals surface area contributed by atoms with Crippen LogP contribution in [0.1, 0.15) is 12.0 Å². The third-order valence-electron chi connectivity index (χ3n) is 2.07. The molecule has 0 radical (unpaired) electrons. The molecule has 0 unspecified atom stereocenters. The van der Waals surface area contributed by atoms with E-state index in [0.717, 1.165) is 18.8 Å². The van der Waals surface area contributed by atoms with Gasteiger partial charge in [0, 0.05) is 0 Å². The third-order valence-corrected chi connectivity index (χ3v) is 2.07. The number of esters is 1. The van der Waals surface area contributed by atoms with E-state index >= 15 is 0 Å². The minimum Gasteiger partial charge on any atom is -0.315 e. The van der Waals surface area contributed by atoms with Gasteiger partial charge in [-0.2, -0.15) is 0 Å². The van der Waals surface area contributed by atoms with Gasteiger partial charge in [0.25, 0.3) is 0 Å². The van der Waals surface area contributed by atoms with E-state index in [1.807, 2.05) is 6.07 Å². The van der Waals surface area contributed by atoms with Crippen molar-refractivity contribution in [1.29, 1.82) is 0 Å². The van der Waals surface area contributed by atoms with E-state index in [4.69, 9.17) is 9.16 Å². The van der Waals surface area contributed by atoms with E-state index in [-0.39, 0.29) is 0 Å². The van der Waals surface area contributed by atoms with E-state index in [9.17, 15) is 0 Å². The Bertz CT molecular complexity index is 290. The van der Waals surface area contributed by atoms with Gasteiger partial charge in [-0.05, 0) is 12.0 Å². The summed E-state index contributed by atoms with van der Waals surface area (Å²) in [5.74, 6) is 0.795. The van der Waals surface area contributed by atoms with Crippen LogP contribution in [0, 0.1) is 0 Å². The van der Waals surface area contributed by atoms with Gasteiger partial charge in [-0.3, -0.25) is 0 Å². The van der Waals surface area contributed by atoms with Crippen molar-refractivity contribution in [2.45, 2.75) is 12.8 Å². The van der Waals surface area contributed by atoms with Crippen molar-refractivity contribution in [3.63, 3.8) is 0 Å². The minimum atomic E-state index is 0.712. The molecule has 2 rings (SSSR count). The van der Waals surface area contributed by atoms with E-state index in [1.54, 1.807) is 0 Å². The summed E-state index contributed by atoms with van der Waals surface area (Å²) in [6, 6.07) is 10.4. The van der Waals surface area contributed by atoms with E-state index in [0.29, 0.717) is 13.2 Å². The first-order valence-corrected chi connectivity index (χ1v) is 4.60. The summed E-state index contributed by atoms with van der Waals surface area (Å²) in [7, 11) is 0. The summed E-state index contributed by atoms with van der Waals surface area (Å²) in [5, 5.41) is 0. The van der Waals surface area contributed by atoms with Crippen LogP contribution in [0.2, 0.25) is 0 Å². The largest absolute Gasteiger partial charge is 0.485 e. The quantitative estimate of drug-likeness (QED) is 0.508. The van der Waals surface area contributed by atoms with Crippen LogP contribution in [0.5, 0.6) is 0 Å².